The number of aldehydes is 1. The largest absolute Gasteiger partial charge is 0.493 e. The summed E-state index contributed by atoms with van der Waals surface area (Å²) in [6, 6.07) is 3.31. The zero-order valence-corrected chi connectivity index (χ0v) is 13.5. The number of aryl methyl sites for hydroxylation is 1. The molecule has 21 heavy (non-hydrogen) atoms. The fraction of sp³-hybridized carbons (Fsp3) is 0.357. The van der Waals surface area contributed by atoms with Gasteiger partial charge < -0.3 is 9.47 Å². The molecule has 2 rings (SSSR count). The van der Waals surface area contributed by atoms with E-state index in [1.807, 2.05) is 0 Å². The summed E-state index contributed by atoms with van der Waals surface area (Å²) in [7, 11) is 1.53. The first-order valence-electron chi connectivity index (χ1n) is 6.51. The minimum atomic E-state index is 0.273. The third kappa shape index (κ3) is 3.60. The molecule has 0 radical (unpaired) electrons. The summed E-state index contributed by atoms with van der Waals surface area (Å²) in [5.74, 6) is 1.77. The summed E-state index contributed by atoms with van der Waals surface area (Å²) >= 11 is 3.39. The highest BCUT2D eigenvalue weighted by molar-refractivity contribution is 9.10. The molecule has 0 N–H and O–H groups in total. The van der Waals surface area contributed by atoms with Crippen LogP contribution < -0.4 is 9.47 Å². The Bertz CT molecular complexity index is 628. The summed E-state index contributed by atoms with van der Waals surface area (Å²) in [6.45, 7) is 3.14. The van der Waals surface area contributed by atoms with E-state index in [4.69, 9.17) is 9.47 Å². The topological polar surface area (TPSA) is 66.2 Å². The second-order valence-electron chi connectivity index (χ2n) is 4.34. The minimum absolute atomic E-state index is 0.273. The molecular formula is C14H16BrN3O3. The molecule has 6 nitrogen and oxygen atoms in total. The van der Waals surface area contributed by atoms with Crippen LogP contribution >= 0.6 is 15.9 Å². The van der Waals surface area contributed by atoms with Crippen molar-refractivity contribution in [3.05, 3.63) is 34.3 Å². The molecule has 2 aromatic rings. The molecule has 0 atom stereocenters. The van der Waals surface area contributed by atoms with Gasteiger partial charge in [0.15, 0.2) is 17.3 Å². The second-order valence-corrected chi connectivity index (χ2v) is 5.19. The zero-order valence-electron chi connectivity index (χ0n) is 11.9. The highest BCUT2D eigenvalue weighted by atomic mass is 79.9. The molecule has 0 aliphatic rings. The van der Waals surface area contributed by atoms with E-state index >= 15 is 0 Å². The third-order valence-corrected chi connectivity index (χ3v) is 3.45. The predicted octanol–water partition coefficient (Wildman–Crippen LogP) is 2.85. The summed E-state index contributed by atoms with van der Waals surface area (Å²) in [5.41, 5.74) is 0.514. The van der Waals surface area contributed by atoms with Gasteiger partial charge in [-0.1, -0.05) is 6.92 Å². The van der Waals surface area contributed by atoms with Crippen molar-refractivity contribution < 1.29 is 14.3 Å². The summed E-state index contributed by atoms with van der Waals surface area (Å²) in [4.78, 5) is 15.0. The van der Waals surface area contributed by atoms with Gasteiger partial charge in [0.2, 0.25) is 0 Å². The van der Waals surface area contributed by atoms with E-state index in [1.54, 1.807) is 16.8 Å². The quantitative estimate of drug-likeness (QED) is 0.716. The molecule has 0 spiro atoms. The summed E-state index contributed by atoms with van der Waals surface area (Å²) in [5, 5.41) is 4.15. The fourth-order valence-corrected chi connectivity index (χ4v) is 2.46. The van der Waals surface area contributed by atoms with E-state index in [-0.39, 0.29) is 6.61 Å². The van der Waals surface area contributed by atoms with E-state index in [0.29, 0.717) is 21.5 Å². The molecule has 0 fully saturated rings. The van der Waals surface area contributed by atoms with Gasteiger partial charge in [-0.3, -0.25) is 4.79 Å². The van der Waals surface area contributed by atoms with Crippen LogP contribution in [0.4, 0.5) is 0 Å². The lowest BCUT2D eigenvalue weighted by atomic mass is 10.2. The molecular weight excluding hydrogens is 338 g/mol. The molecule has 0 bridgehead atoms. The number of ether oxygens (including phenoxy) is 2. The molecule has 0 saturated heterocycles. The van der Waals surface area contributed by atoms with Crippen molar-refractivity contribution in [2.24, 2.45) is 0 Å². The Hall–Kier alpha value is -1.89. The van der Waals surface area contributed by atoms with Crippen LogP contribution in [0.5, 0.6) is 11.5 Å². The van der Waals surface area contributed by atoms with Crippen LogP contribution in [0.2, 0.25) is 0 Å². The number of benzene rings is 1. The number of nitrogens with zero attached hydrogens (tertiary/aromatic N) is 3. The van der Waals surface area contributed by atoms with Gasteiger partial charge in [-0.2, -0.15) is 5.10 Å². The maximum atomic E-state index is 10.9. The van der Waals surface area contributed by atoms with E-state index < -0.39 is 0 Å². The van der Waals surface area contributed by atoms with Crippen LogP contribution in [0.3, 0.4) is 0 Å². The number of halogens is 1. The predicted molar refractivity (Wildman–Crippen MR) is 80.7 cm³/mol. The average Bonchev–Trinajstić information content (AvgIpc) is 2.93. The van der Waals surface area contributed by atoms with Crippen LogP contribution in [0.25, 0.3) is 0 Å². The van der Waals surface area contributed by atoms with Gasteiger partial charge in [-0.25, -0.2) is 9.67 Å². The van der Waals surface area contributed by atoms with E-state index in [1.165, 1.54) is 13.4 Å². The number of rotatable bonds is 7. The van der Waals surface area contributed by atoms with Gasteiger partial charge >= 0.3 is 0 Å². The van der Waals surface area contributed by atoms with Gasteiger partial charge in [0, 0.05) is 12.1 Å². The van der Waals surface area contributed by atoms with Gasteiger partial charge in [-0.15, -0.1) is 0 Å². The smallest absolute Gasteiger partial charge is 0.176 e. The van der Waals surface area contributed by atoms with Crippen LogP contribution in [-0.2, 0) is 13.2 Å². The van der Waals surface area contributed by atoms with Crippen molar-refractivity contribution in [3.8, 4) is 11.5 Å². The highest BCUT2D eigenvalue weighted by Gasteiger charge is 2.13. The maximum absolute atomic E-state index is 10.9. The van der Waals surface area contributed by atoms with Crippen molar-refractivity contribution in [1.29, 1.82) is 0 Å². The van der Waals surface area contributed by atoms with Crippen molar-refractivity contribution in [2.75, 3.05) is 7.11 Å². The average molecular weight is 354 g/mol. The monoisotopic (exact) mass is 353 g/mol. The normalized spacial score (nSPS) is 10.4. The lowest BCUT2D eigenvalue weighted by Gasteiger charge is -2.13. The Balaban J connectivity index is 2.19. The highest BCUT2D eigenvalue weighted by Crippen LogP contribution is 2.36. The number of carbonyl (C=O) groups is 1. The van der Waals surface area contributed by atoms with Crippen LogP contribution in [-0.4, -0.2) is 28.2 Å². The summed E-state index contributed by atoms with van der Waals surface area (Å²) in [6.07, 6.45) is 3.24. The number of aromatic nitrogens is 3. The second kappa shape index (κ2) is 7.21. The standard InChI is InChI=1S/C14H16BrN3O3/c1-3-4-18-13(16-9-17-18)8-21-14-11(15)5-10(7-19)6-12(14)20-2/h5-7,9H,3-4,8H2,1-2H3. The maximum Gasteiger partial charge on any atom is 0.176 e. The SMILES string of the molecule is CCCn1ncnc1COc1c(Br)cc(C=O)cc1OC. The van der Waals surface area contributed by atoms with Crippen LogP contribution in [0.15, 0.2) is 22.9 Å². The Kier molecular flexibility index (Phi) is 5.32. The molecule has 7 heteroatoms. The Morgan fingerprint density at radius 1 is 1.43 bits per heavy atom. The summed E-state index contributed by atoms with van der Waals surface area (Å²) < 4.78 is 13.5. The number of methoxy groups -OCH3 is 1. The molecule has 1 aromatic heterocycles. The van der Waals surface area contributed by atoms with Gasteiger partial charge in [0.25, 0.3) is 0 Å². The van der Waals surface area contributed by atoms with Crippen LogP contribution in [0.1, 0.15) is 29.5 Å². The van der Waals surface area contributed by atoms with E-state index in [0.717, 1.165) is 25.1 Å². The van der Waals surface area contributed by atoms with Crippen molar-refractivity contribution in [1.82, 2.24) is 14.8 Å². The number of hydrogen-bond donors (Lipinski definition) is 0. The first-order chi connectivity index (χ1) is 10.2. The van der Waals surface area contributed by atoms with Crippen molar-refractivity contribution >= 4 is 22.2 Å². The molecule has 0 aliphatic carbocycles. The first-order valence-corrected chi connectivity index (χ1v) is 7.31. The minimum Gasteiger partial charge on any atom is -0.493 e. The Labute approximate surface area is 131 Å². The molecule has 0 aliphatic heterocycles. The fourth-order valence-electron chi connectivity index (χ4n) is 1.88. The van der Waals surface area contributed by atoms with Crippen molar-refractivity contribution in [3.63, 3.8) is 0 Å². The first kappa shape index (κ1) is 15.5. The lowest BCUT2D eigenvalue weighted by Crippen LogP contribution is -2.09. The van der Waals surface area contributed by atoms with Crippen LogP contribution in [0, 0.1) is 0 Å². The van der Waals surface area contributed by atoms with Gasteiger partial charge in [-0.05, 0) is 34.5 Å². The van der Waals surface area contributed by atoms with Gasteiger partial charge in [0.05, 0.1) is 11.6 Å². The molecule has 0 saturated carbocycles. The van der Waals surface area contributed by atoms with E-state index in [2.05, 4.69) is 32.9 Å². The molecule has 0 amide bonds. The molecule has 0 unspecified atom stereocenters. The van der Waals surface area contributed by atoms with Crippen molar-refractivity contribution in [2.45, 2.75) is 26.5 Å². The molecule has 112 valence electrons. The number of hydrogen-bond acceptors (Lipinski definition) is 5. The zero-order chi connectivity index (χ0) is 15.2. The Morgan fingerprint density at radius 3 is 2.90 bits per heavy atom. The molecule has 1 aromatic carbocycles. The number of carbonyl (C=O) groups excluding carboxylic acids is 1. The van der Waals surface area contributed by atoms with E-state index in [9.17, 15) is 4.79 Å². The third-order valence-electron chi connectivity index (χ3n) is 2.86. The Morgan fingerprint density at radius 2 is 2.24 bits per heavy atom. The lowest BCUT2D eigenvalue weighted by molar-refractivity contribution is 0.112. The molecule has 1 heterocycles. The van der Waals surface area contributed by atoms with Gasteiger partial charge in [0.1, 0.15) is 19.2 Å².